The van der Waals surface area contributed by atoms with E-state index in [9.17, 15) is 9.18 Å². The minimum atomic E-state index is -1.40. The topological polar surface area (TPSA) is 37.3 Å². The van der Waals surface area contributed by atoms with E-state index in [-0.39, 0.29) is 5.41 Å². The highest BCUT2D eigenvalue weighted by Crippen LogP contribution is 2.64. The average molecular weight is 252 g/mol. The Labute approximate surface area is 107 Å². The molecule has 0 aromatic rings. The highest BCUT2D eigenvalue weighted by atomic mass is 19.1. The van der Waals surface area contributed by atoms with Crippen molar-refractivity contribution in [2.45, 2.75) is 45.4 Å². The van der Waals surface area contributed by atoms with Crippen molar-refractivity contribution in [3.8, 4) is 0 Å². The van der Waals surface area contributed by atoms with Gasteiger partial charge in [0.1, 0.15) is 0 Å². The molecule has 3 atom stereocenters. The van der Waals surface area contributed by atoms with Crippen LogP contribution in [0.3, 0.4) is 0 Å². The van der Waals surface area contributed by atoms with Gasteiger partial charge < -0.3 is 5.11 Å². The van der Waals surface area contributed by atoms with Gasteiger partial charge >= 0.3 is 5.97 Å². The van der Waals surface area contributed by atoms with Crippen LogP contribution in [0.2, 0.25) is 0 Å². The fourth-order valence-corrected chi connectivity index (χ4v) is 5.49. The highest BCUT2D eigenvalue weighted by Gasteiger charge is 2.55. The Morgan fingerprint density at radius 1 is 1.33 bits per heavy atom. The minimum Gasteiger partial charge on any atom is -0.476 e. The van der Waals surface area contributed by atoms with Crippen molar-refractivity contribution < 1.29 is 14.3 Å². The smallest absolute Gasteiger partial charge is 0.364 e. The molecule has 0 saturated heterocycles. The number of carbonyl (C=O) groups is 1. The summed E-state index contributed by atoms with van der Waals surface area (Å²) in [6.45, 7) is 2.17. The second-order valence-electron chi connectivity index (χ2n) is 6.65. The molecule has 2 nitrogen and oxygen atoms in total. The van der Waals surface area contributed by atoms with Crippen molar-refractivity contribution >= 4 is 5.97 Å². The van der Waals surface area contributed by atoms with Crippen LogP contribution in [0.15, 0.2) is 11.9 Å². The monoisotopic (exact) mass is 252 g/mol. The summed E-state index contributed by atoms with van der Waals surface area (Å²) in [5.41, 5.74) is -0.147. The molecule has 0 amide bonds. The van der Waals surface area contributed by atoms with Crippen LogP contribution in [-0.4, -0.2) is 11.1 Å². The maximum absolute atomic E-state index is 13.6. The van der Waals surface area contributed by atoms with Gasteiger partial charge in [-0.3, -0.25) is 0 Å². The van der Waals surface area contributed by atoms with E-state index in [4.69, 9.17) is 5.11 Å². The van der Waals surface area contributed by atoms with Crippen LogP contribution >= 0.6 is 0 Å². The van der Waals surface area contributed by atoms with Crippen molar-refractivity contribution in [3.05, 3.63) is 11.9 Å². The normalized spacial score (nSPS) is 46.4. The van der Waals surface area contributed by atoms with Gasteiger partial charge in [0.25, 0.3) is 0 Å². The number of carboxylic acids is 1. The zero-order chi connectivity index (χ0) is 12.9. The molecule has 0 spiro atoms. The summed E-state index contributed by atoms with van der Waals surface area (Å²) in [5, 5.41) is 8.80. The summed E-state index contributed by atoms with van der Waals surface area (Å²) in [6.07, 6.45) is 8.43. The Bertz CT molecular complexity index is 387. The van der Waals surface area contributed by atoms with Crippen molar-refractivity contribution in [1.29, 1.82) is 0 Å². The molecule has 3 heteroatoms. The van der Waals surface area contributed by atoms with Gasteiger partial charge in [-0.05, 0) is 67.3 Å². The van der Waals surface area contributed by atoms with Gasteiger partial charge in [0.05, 0.1) is 0 Å². The minimum absolute atomic E-state index is 0.147. The molecule has 4 fully saturated rings. The predicted molar refractivity (Wildman–Crippen MR) is 66.6 cm³/mol. The van der Waals surface area contributed by atoms with E-state index in [0.29, 0.717) is 23.7 Å². The van der Waals surface area contributed by atoms with E-state index in [2.05, 4.69) is 6.92 Å². The molecule has 4 saturated carbocycles. The molecule has 1 N–H and O–H groups in total. The molecule has 0 radical (unpaired) electrons. The average Bonchev–Trinajstić information content (AvgIpc) is 2.27. The molecule has 4 aliphatic carbocycles. The first-order chi connectivity index (χ1) is 8.54. The summed E-state index contributed by atoms with van der Waals surface area (Å²) in [4.78, 5) is 10.8. The van der Waals surface area contributed by atoms with Crippen LogP contribution in [0.5, 0.6) is 0 Å². The molecule has 0 heterocycles. The molecule has 4 bridgehead atoms. The molecule has 100 valence electrons. The van der Waals surface area contributed by atoms with Crippen LogP contribution in [0.25, 0.3) is 0 Å². The number of rotatable bonds is 3. The largest absolute Gasteiger partial charge is 0.476 e. The van der Waals surface area contributed by atoms with Crippen LogP contribution in [0, 0.1) is 29.1 Å². The van der Waals surface area contributed by atoms with Crippen LogP contribution in [0.4, 0.5) is 4.39 Å². The van der Waals surface area contributed by atoms with Gasteiger partial charge in [-0.15, -0.1) is 0 Å². The van der Waals surface area contributed by atoms with E-state index in [1.54, 1.807) is 0 Å². The van der Waals surface area contributed by atoms with Gasteiger partial charge in [0.2, 0.25) is 5.83 Å². The molecular formula is C15H21FO2. The third-order valence-corrected chi connectivity index (χ3v) is 5.64. The summed E-state index contributed by atoms with van der Waals surface area (Å²) in [5.74, 6) is 0.289. The van der Waals surface area contributed by atoms with Crippen molar-refractivity contribution in [2.24, 2.45) is 29.1 Å². The van der Waals surface area contributed by atoms with Gasteiger partial charge in [-0.25, -0.2) is 4.79 Å². The number of halogens is 1. The second kappa shape index (κ2) is 4.07. The maximum Gasteiger partial charge on any atom is 0.364 e. The van der Waals surface area contributed by atoms with Crippen molar-refractivity contribution in [1.82, 2.24) is 0 Å². The van der Waals surface area contributed by atoms with Crippen molar-refractivity contribution in [2.75, 3.05) is 0 Å². The van der Waals surface area contributed by atoms with E-state index in [0.717, 1.165) is 19.3 Å². The van der Waals surface area contributed by atoms with Gasteiger partial charge in [0.15, 0.2) is 0 Å². The fourth-order valence-electron chi connectivity index (χ4n) is 5.49. The van der Waals surface area contributed by atoms with E-state index in [1.807, 2.05) is 0 Å². The molecule has 0 aromatic carbocycles. The van der Waals surface area contributed by atoms with E-state index >= 15 is 0 Å². The Hall–Kier alpha value is -0.860. The lowest BCUT2D eigenvalue weighted by Gasteiger charge is -2.60. The predicted octanol–water partition coefficient (Wildman–Crippen LogP) is 3.78. The first-order valence-electron chi connectivity index (χ1n) is 7.15. The molecule has 3 unspecified atom stereocenters. The molecule has 4 aliphatic rings. The lowest BCUT2D eigenvalue weighted by Crippen LogP contribution is -2.51. The quantitative estimate of drug-likeness (QED) is 0.776. The number of hydrogen-bond acceptors (Lipinski definition) is 1. The van der Waals surface area contributed by atoms with Gasteiger partial charge in [0, 0.05) is 0 Å². The summed E-state index contributed by atoms with van der Waals surface area (Å²) >= 11 is 0. The Kier molecular flexibility index (Phi) is 2.76. The Morgan fingerprint density at radius 2 is 1.94 bits per heavy atom. The molecule has 18 heavy (non-hydrogen) atoms. The molecule has 4 rings (SSSR count). The fraction of sp³-hybridized carbons (Fsp3) is 0.800. The summed E-state index contributed by atoms with van der Waals surface area (Å²) in [7, 11) is 0. The summed E-state index contributed by atoms with van der Waals surface area (Å²) in [6, 6.07) is 0. The number of carboxylic acid groups (broad SMARTS) is 1. The molecule has 0 aliphatic heterocycles. The van der Waals surface area contributed by atoms with Gasteiger partial charge in [-0.2, -0.15) is 4.39 Å². The first kappa shape index (κ1) is 12.2. The Morgan fingerprint density at radius 3 is 2.44 bits per heavy atom. The lowest BCUT2D eigenvalue weighted by atomic mass is 9.44. The first-order valence-corrected chi connectivity index (χ1v) is 7.15. The molecular weight excluding hydrogens is 231 g/mol. The summed E-state index contributed by atoms with van der Waals surface area (Å²) < 4.78 is 13.6. The lowest BCUT2D eigenvalue weighted by molar-refractivity contribution is -0.134. The highest BCUT2D eigenvalue weighted by molar-refractivity contribution is 5.84. The number of allylic oxidation sites excluding steroid dienone is 1. The zero-order valence-electron chi connectivity index (χ0n) is 10.9. The van der Waals surface area contributed by atoms with E-state index in [1.165, 1.54) is 25.3 Å². The van der Waals surface area contributed by atoms with Crippen molar-refractivity contribution in [3.63, 3.8) is 0 Å². The standard InChI is InChI=1S/C15H21FO2/c1-2-12-11-4-9-3-10(5-11)7-15(12,6-9)8-13(16)14(17)18/h8-12H,2-7H2,1H3,(H,17,18). The third kappa shape index (κ3) is 1.70. The van der Waals surface area contributed by atoms with E-state index < -0.39 is 11.8 Å². The number of hydrogen-bond donors (Lipinski definition) is 1. The van der Waals surface area contributed by atoms with Crippen LogP contribution in [0.1, 0.15) is 45.4 Å². The van der Waals surface area contributed by atoms with Crippen LogP contribution < -0.4 is 0 Å². The SMILES string of the molecule is CCC1C2CC3CC(C2)CC1(C=C(F)C(=O)O)C3. The number of aliphatic carboxylic acids is 1. The van der Waals surface area contributed by atoms with Crippen LogP contribution in [-0.2, 0) is 4.79 Å². The maximum atomic E-state index is 13.6. The van der Waals surface area contributed by atoms with Gasteiger partial charge in [-0.1, -0.05) is 13.3 Å². The Balaban J connectivity index is 1.97. The molecule has 0 aromatic heterocycles. The third-order valence-electron chi connectivity index (χ3n) is 5.64. The zero-order valence-corrected chi connectivity index (χ0v) is 10.9. The second-order valence-corrected chi connectivity index (χ2v) is 6.65.